The zero-order valence-electron chi connectivity index (χ0n) is 11.4. The van der Waals surface area contributed by atoms with Gasteiger partial charge in [-0.2, -0.15) is 0 Å². The maximum Gasteiger partial charge on any atom is 0.236 e. The van der Waals surface area contributed by atoms with Crippen molar-refractivity contribution in [3.05, 3.63) is 29.3 Å². The minimum atomic E-state index is -0.447. The Morgan fingerprint density at radius 1 is 1.42 bits per heavy atom. The molecule has 0 bridgehead atoms. The first-order chi connectivity index (χ1) is 9.16. The average molecular weight is 262 g/mol. The van der Waals surface area contributed by atoms with E-state index in [2.05, 4.69) is 17.4 Å². The highest BCUT2D eigenvalue weighted by molar-refractivity contribution is 5.80. The van der Waals surface area contributed by atoms with E-state index in [4.69, 9.17) is 10.5 Å². The molecule has 0 aliphatic heterocycles. The number of amides is 1. The largest absolute Gasteiger partial charge is 0.494 e. The summed E-state index contributed by atoms with van der Waals surface area (Å²) in [6.07, 6.45) is 4.40. The lowest BCUT2D eigenvalue weighted by atomic mass is 10.1. The highest BCUT2D eigenvalue weighted by Crippen LogP contribution is 2.25. The van der Waals surface area contributed by atoms with Gasteiger partial charge in [0.2, 0.25) is 5.91 Å². The maximum atomic E-state index is 11.2. The molecule has 3 N–H and O–H groups in total. The summed E-state index contributed by atoms with van der Waals surface area (Å²) in [5.41, 5.74) is 8.32. The van der Waals surface area contributed by atoms with Crippen LogP contribution in [0.3, 0.4) is 0 Å². The normalized spacial score (nSPS) is 14.8. The van der Waals surface area contributed by atoms with Gasteiger partial charge in [-0.05, 0) is 55.9 Å². The van der Waals surface area contributed by atoms with Gasteiger partial charge in [-0.15, -0.1) is 0 Å². The van der Waals surface area contributed by atoms with Gasteiger partial charge >= 0.3 is 0 Å². The second-order valence-electron chi connectivity index (χ2n) is 5.07. The number of ether oxygens (including phenoxy) is 1. The third kappa shape index (κ3) is 3.96. The Bertz CT molecular complexity index is 444. The Hall–Kier alpha value is -1.55. The third-order valence-corrected chi connectivity index (χ3v) is 3.37. The summed E-state index contributed by atoms with van der Waals surface area (Å²) in [7, 11) is 0. The van der Waals surface area contributed by atoms with Crippen LogP contribution in [-0.2, 0) is 17.6 Å². The lowest BCUT2D eigenvalue weighted by Gasteiger charge is -2.10. The van der Waals surface area contributed by atoms with Crippen molar-refractivity contribution in [2.24, 2.45) is 5.73 Å². The fourth-order valence-electron chi connectivity index (χ4n) is 2.27. The Kier molecular flexibility index (Phi) is 4.80. The van der Waals surface area contributed by atoms with Crippen molar-refractivity contribution in [2.45, 2.75) is 38.6 Å². The predicted octanol–water partition coefficient (Wildman–Crippen LogP) is 1.41. The number of carbonyl (C=O) groups is 1. The van der Waals surface area contributed by atoms with E-state index in [0.29, 0.717) is 13.2 Å². The van der Waals surface area contributed by atoms with Gasteiger partial charge in [0.25, 0.3) is 0 Å². The quantitative estimate of drug-likeness (QED) is 0.762. The zero-order chi connectivity index (χ0) is 13.7. The Labute approximate surface area is 114 Å². The summed E-state index contributed by atoms with van der Waals surface area (Å²) < 4.78 is 5.69. The second-order valence-corrected chi connectivity index (χ2v) is 5.07. The highest BCUT2D eigenvalue weighted by atomic mass is 16.5. The maximum absolute atomic E-state index is 11.2. The van der Waals surface area contributed by atoms with Crippen molar-refractivity contribution < 1.29 is 9.53 Å². The number of aryl methyl sites for hydroxylation is 2. The minimum absolute atomic E-state index is 0.113. The smallest absolute Gasteiger partial charge is 0.236 e. The fraction of sp³-hybridized carbons (Fsp3) is 0.533. The molecule has 4 heteroatoms. The molecule has 0 heterocycles. The molecule has 0 saturated carbocycles. The van der Waals surface area contributed by atoms with Crippen LogP contribution >= 0.6 is 0 Å². The van der Waals surface area contributed by atoms with Crippen molar-refractivity contribution in [1.29, 1.82) is 0 Å². The molecule has 2 rings (SSSR count). The summed E-state index contributed by atoms with van der Waals surface area (Å²) >= 11 is 0. The van der Waals surface area contributed by atoms with Crippen LogP contribution in [0.4, 0.5) is 0 Å². The van der Waals surface area contributed by atoms with E-state index in [1.807, 2.05) is 6.07 Å². The van der Waals surface area contributed by atoms with Crippen molar-refractivity contribution in [1.82, 2.24) is 5.32 Å². The predicted molar refractivity (Wildman–Crippen MR) is 75.2 cm³/mol. The number of rotatable bonds is 6. The van der Waals surface area contributed by atoms with E-state index in [0.717, 1.165) is 18.6 Å². The number of hydrogen-bond donors (Lipinski definition) is 2. The molecule has 0 radical (unpaired) electrons. The van der Waals surface area contributed by atoms with Gasteiger partial charge in [0, 0.05) is 6.54 Å². The Balaban J connectivity index is 1.67. The van der Waals surface area contributed by atoms with Crippen LogP contribution in [0.5, 0.6) is 5.75 Å². The number of carbonyl (C=O) groups excluding carboxylic acids is 1. The number of fused-ring (bicyclic) bond motifs is 1. The van der Waals surface area contributed by atoms with Crippen LogP contribution in [-0.4, -0.2) is 25.1 Å². The van der Waals surface area contributed by atoms with Crippen LogP contribution in [0, 0.1) is 0 Å². The molecule has 104 valence electrons. The SMILES string of the molecule is CC(N)C(=O)NCCCOc1ccc2c(c1)CCC2. The topological polar surface area (TPSA) is 64.4 Å². The molecule has 1 aliphatic rings. The first kappa shape index (κ1) is 13.9. The van der Waals surface area contributed by atoms with E-state index in [-0.39, 0.29) is 5.91 Å². The van der Waals surface area contributed by atoms with E-state index >= 15 is 0 Å². The standard InChI is InChI=1S/C15H22N2O2/c1-11(16)15(18)17-8-3-9-19-14-7-6-12-4-2-5-13(12)10-14/h6-7,10-11H,2-5,8-9,16H2,1H3,(H,17,18). The number of benzene rings is 1. The molecule has 0 spiro atoms. The molecule has 1 aromatic rings. The van der Waals surface area contributed by atoms with Gasteiger partial charge in [0.15, 0.2) is 0 Å². The molecular weight excluding hydrogens is 240 g/mol. The number of hydrogen-bond acceptors (Lipinski definition) is 3. The summed E-state index contributed by atoms with van der Waals surface area (Å²) in [4.78, 5) is 11.2. The highest BCUT2D eigenvalue weighted by Gasteiger charge is 2.11. The monoisotopic (exact) mass is 262 g/mol. The Morgan fingerprint density at radius 3 is 3.00 bits per heavy atom. The summed E-state index contributed by atoms with van der Waals surface area (Å²) in [6, 6.07) is 5.89. The number of nitrogens with two attached hydrogens (primary N) is 1. The van der Waals surface area contributed by atoms with Crippen molar-refractivity contribution in [3.63, 3.8) is 0 Å². The summed E-state index contributed by atoms with van der Waals surface area (Å²) in [6.45, 7) is 2.89. The van der Waals surface area contributed by atoms with Crippen molar-refractivity contribution in [2.75, 3.05) is 13.2 Å². The van der Waals surface area contributed by atoms with Gasteiger partial charge < -0.3 is 15.8 Å². The fourth-order valence-corrected chi connectivity index (χ4v) is 2.27. The molecule has 0 fully saturated rings. The van der Waals surface area contributed by atoms with E-state index in [1.54, 1.807) is 6.92 Å². The van der Waals surface area contributed by atoms with Crippen LogP contribution in [0.1, 0.15) is 30.9 Å². The van der Waals surface area contributed by atoms with Gasteiger partial charge in [0.05, 0.1) is 12.6 Å². The minimum Gasteiger partial charge on any atom is -0.494 e. The second kappa shape index (κ2) is 6.57. The van der Waals surface area contributed by atoms with E-state index in [1.165, 1.54) is 24.0 Å². The van der Waals surface area contributed by atoms with Crippen LogP contribution in [0.15, 0.2) is 18.2 Å². The van der Waals surface area contributed by atoms with Gasteiger partial charge in [-0.1, -0.05) is 6.07 Å². The van der Waals surface area contributed by atoms with Crippen molar-refractivity contribution >= 4 is 5.91 Å². The molecule has 1 unspecified atom stereocenters. The molecule has 0 aromatic heterocycles. The first-order valence-electron chi connectivity index (χ1n) is 6.94. The van der Waals surface area contributed by atoms with Gasteiger partial charge in [-0.3, -0.25) is 4.79 Å². The van der Waals surface area contributed by atoms with Crippen LogP contribution in [0.2, 0.25) is 0 Å². The van der Waals surface area contributed by atoms with E-state index in [9.17, 15) is 4.79 Å². The average Bonchev–Trinajstić information content (AvgIpc) is 2.85. The third-order valence-electron chi connectivity index (χ3n) is 3.37. The number of nitrogens with one attached hydrogen (secondary N) is 1. The molecule has 1 aliphatic carbocycles. The molecule has 4 nitrogen and oxygen atoms in total. The molecule has 1 aromatic carbocycles. The molecule has 0 saturated heterocycles. The van der Waals surface area contributed by atoms with Gasteiger partial charge in [-0.25, -0.2) is 0 Å². The Morgan fingerprint density at radius 2 is 2.21 bits per heavy atom. The summed E-state index contributed by atoms with van der Waals surface area (Å²) in [5, 5.41) is 2.77. The molecule has 1 atom stereocenters. The molecule has 1 amide bonds. The lowest BCUT2D eigenvalue weighted by molar-refractivity contribution is -0.121. The van der Waals surface area contributed by atoms with Crippen molar-refractivity contribution in [3.8, 4) is 5.75 Å². The first-order valence-corrected chi connectivity index (χ1v) is 6.94. The van der Waals surface area contributed by atoms with Crippen LogP contribution < -0.4 is 15.8 Å². The zero-order valence-corrected chi connectivity index (χ0v) is 11.4. The van der Waals surface area contributed by atoms with Crippen LogP contribution in [0.25, 0.3) is 0 Å². The summed E-state index contributed by atoms with van der Waals surface area (Å²) in [5.74, 6) is 0.816. The van der Waals surface area contributed by atoms with Gasteiger partial charge in [0.1, 0.15) is 5.75 Å². The molecular formula is C15H22N2O2. The lowest BCUT2D eigenvalue weighted by Crippen LogP contribution is -2.38. The van der Waals surface area contributed by atoms with E-state index < -0.39 is 6.04 Å². The molecule has 19 heavy (non-hydrogen) atoms.